The van der Waals surface area contributed by atoms with Gasteiger partial charge in [-0.25, -0.2) is 0 Å². The predicted molar refractivity (Wildman–Crippen MR) is 71.4 cm³/mol. The summed E-state index contributed by atoms with van der Waals surface area (Å²) >= 11 is 0. The van der Waals surface area contributed by atoms with Crippen molar-refractivity contribution < 1.29 is 0 Å². The van der Waals surface area contributed by atoms with Crippen molar-refractivity contribution in [2.45, 2.75) is 13.8 Å². The smallest absolute Gasteiger partial charge is 0.103 e. The number of nitriles is 1. The molecule has 0 bridgehead atoms. The van der Waals surface area contributed by atoms with Gasteiger partial charge in [0.15, 0.2) is 0 Å². The van der Waals surface area contributed by atoms with Crippen LogP contribution < -0.4 is 5.73 Å². The van der Waals surface area contributed by atoms with Crippen LogP contribution in [0.1, 0.15) is 23.6 Å². The number of hydrogen-bond donors (Lipinski definition) is 2. The molecule has 0 spiro atoms. The summed E-state index contributed by atoms with van der Waals surface area (Å²) in [5.74, 6) is 0. The van der Waals surface area contributed by atoms with Crippen molar-refractivity contribution in [2.24, 2.45) is 5.73 Å². The highest BCUT2D eigenvalue weighted by Gasteiger charge is 2.10. The highest BCUT2D eigenvalue weighted by molar-refractivity contribution is 6.06. The van der Waals surface area contributed by atoms with Crippen molar-refractivity contribution in [3.63, 3.8) is 0 Å². The van der Waals surface area contributed by atoms with Gasteiger partial charge in [0, 0.05) is 11.3 Å². The summed E-state index contributed by atoms with van der Waals surface area (Å²) < 4.78 is 0. The lowest BCUT2D eigenvalue weighted by Gasteiger charge is -2.09. The molecule has 0 amide bonds. The number of allylic oxidation sites excluding steroid dienone is 1. The van der Waals surface area contributed by atoms with Gasteiger partial charge < -0.3 is 11.1 Å². The zero-order chi connectivity index (χ0) is 13.0. The molecule has 3 N–H and O–H groups in total. The number of nitrogens with two attached hydrogens (primary N) is 1. The van der Waals surface area contributed by atoms with Gasteiger partial charge in [-0.1, -0.05) is 24.8 Å². The van der Waals surface area contributed by atoms with Gasteiger partial charge >= 0.3 is 0 Å². The minimum atomic E-state index is 0.174. The Morgan fingerprint density at radius 3 is 2.65 bits per heavy atom. The lowest BCUT2D eigenvalue weighted by atomic mass is 9.98. The minimum absolute atomic E-state index is 0.174. The van der Waals surface area contributed by atoms with Crippen LogP contribution in [0, 0.1) is 23.7 Å². The second-order valence-corrected chi connectivity index (χ2v) is 3.80. The molecule has 0 fully saturated rings. The Hall–Kier alpha value is -2.34. The summed E-state index contributed by atoms with van der Waals surface area (Å²) in [4.78, 5) is 0. The first-order valence-electron chi connectivity index (χ1n) is 5.20. The fourth-order valence-corrected chi connectivity index (χ4v) is 1.54. The van der Waals surface area contributed by atoms with E-state index in [1.165, 1.54) is 0 Å². The maximum atomic E-state index is 9.00. The summed E-state index contributed by atoms with van der Waals surface area (Å²) in [6, 6.07) is 7.70. The van der Waals surface area contributed by atoms with Crippen molar-refractivity contribution in [1.82, 2.24) is 0 Å². The highest BCUT2D eigenvalue weighted by Crippen LogP contribution is 2.20. The molecule has 0 atom stereocenters. The number of hydrogen-bond acceptors (Lipinski definition) is 3. The van der Waals surface area contributed by atoms with E-state index in [2.05, 4.69) is 6.58 Å². The van der Waals surface area contributed by atoms with Crippen LogP contribution in [0.2, 0.25) is 0 Å². The number of benzene rings is 1. The number of rotatable bonds is 3. The van der Waals surface area contributed by atoms with Gasteiger partial charge in [-0.2, -0.15) is 5.26 Å². The SMILES string of the molecule is C=Cc1ccc(C)c(/C(N)=C(\C#N)C(C)=N)c1. The lowest BCUT2D eigenvalue weighted by Crippen LogP contribution is -2.07. The molecule has 0 aliphatic heterocycles. The van der Waals surface area contributed by atoms with Gasteiger partial charge in [-0.15, -0.1) is 0 Å². The Labute approximate surface area is 101 Å². The molecule has 17 heavy (non-hydrogen) atoms. The number of aryl methyl sites for hydroxylation is 1. The zero-order valence-corrected chi connectivity index (χ0v) is 10.0. The molecule has 3 nitrogen and oxygen atoms in total. The number of nitrogens with zero attached hydrogens (tertiary/aromatic N) is 1. The molecular formula is C14H15N3. The van der Waals surface area contributed by atoms with E-state index < -0.39 is 0 Å². The summed E-state index contributed by atoms with van der Waals surface area (Å²) in [7, 11) is 0. The van der Waals surface area contributed by atoms with E-state index in [-0.39, 0.29) is 11.3 Å². The van der Waals surface area contributed by atoms with Gasteiger partial charge in [0.25, 0.3) is 0 Å². The fourth-order valence-electron chi connectivity index (χ4n) is 1.54. The van der Waals surface area contributed by atoms with Gasteiger partial charge in [0.2, 0.25) is 0 Å². The van der Waals surface area contributed by atoms with E-state index in [1.807, 2.05) is 31.2 Å². The van der Waals surface area contributed by atoms with E-state index in [0.29, 0.717) is 5.70 Å². The molecule has 0 aliphatic rings. The summed E-state index contributed by atoms with van der Waals surface area (Å²) in [6.45, 7) is 7.17. The second-order valence-electron chi connectivity index (χ2n) is 3.80. The standard InChI is InChI=1S/C14H15N3/c1-4-11-6-5-9(2)12(7-11)14(17)13(8-15)10(3)16/h4-7,16H,1,17H2,2-3H3/b14-13-,16-10?. The van der Waals surface area contributed by atoms with Gasteiger partial charge in [-0.3, -0.25) is 0 Å². The maximum absolute atomic E-state index is 9.00. The summed E-state index contributed by atoms with van der Waals surface area (Å²) in [5, 5.41) is 16.5. The zero-order valence-electron chi connectivity index (χ0n) is 10.0. The second kappa shape index (κ2) is 5.13. The Balaban J connectivity index is 3.48. The first-order chi connectivity index (χ1) is 8.01. The molecular weight excluding hydrogens is 210 g/mol. The van der Waals surface area contributed by atoms with Crippen LogP contribution in [0.3, 0.4) is 0 Å². The Morgan fingerprint density at radius 1 is 1.53 bits per heavy atom. The first-order valence-corrected chi connectivity index (χ1v) is 5.20. The molecule has 0 radical (unpaired) electrons. The van der Waals surface area contributed by atoms with E-state index >= 15 is 0 Å². The molecule has 0 heterocycles. The largest absolute Gasteiger partial charge is 0.397 e. The molecule has 1 aromatic carbocycles. The van der Waals surface area contributed by atoms with Crippen LogP contribution in [0.4, 0.5) is 0 Å². The average molecular weight is 225 g/mol. The van der Waals surface area contributed by atoms with Crippen LogP contribution in [-0.4, -0.2) is 5.71 Å². The monoisotopic (exact) mass is 225 g/mol. The first kappa shape index (κ1) is 12.7. The average Bonchev–Trinajstić information content (AvgIpc) is 2.30. The van der Waals surface area contributed by atoms with E-state index in [9.17, 15) is 0 Å². The molecule has 0 aliphatic carbocycles. The van der Waals surface area contributed by atoms with Gasteiger partial charge in [-0.05, 0) is 31.0 Å². The molecule has 0 saturated heterocycles. The molecule has 1 rings (SSSR count). The quantitative estimate of drug-likeness (QED) is 0.613. The normalized spacial score (nSPS) is 11.4. The minimum Gasteiger partial charge on any atom is -0.397 e. The maximum Gasteiger partial charge on any atom is 0.103 e. The van der Waals surface area contributed by atoms with Crippen LogP contribution in [-0.2, 0) is 0 Å². The van der Waals surface area contributed by atoms with Crippen LogP contribution >= 0.6 is 0 Å². The van der Waals surface area contributed by atoms with Crippen LogP contribution in [0.25, 0.3) is 11.8 Å². The number of nitrogens with one attached hydrogen (secondary N) is 1. The van der Waals surface area contributed by atoms with Crippen molar-refractivity contribution in [1.29, 1.82) is 10.7 Å². The molecule has 0 unspecified atom stereocenters. The Bertz CT molecular complexity index is 545. The van der Waals surface area contributed by atoms with Crippen molar-refractivity contribution in [2.75, 3.05) is 0 Å². The van der Waals surface area contributed by atoms with Crippen LogP contribution in [0.5, 0.6) is 0 Å². The third-order valence-electron chi connectivity index (χ3n) is 2.54. The van der Waals surface area contributed by atoms with Gasteiger partial charge in [0.05, 0.1) is 11.3 Å². The summed E-state index contributed by atoms with van der Waals surface area (Å²) in [6.07, 6.45) is 1.72. The predicted octanol–water partition coefficient (Wildman–Crippen LogP) is 2.87. The molecule has 1 aromatic rings. The van der Waals surface area contributed by atoms with E-state index in [1.54, 1.807) is 13.0 Å². The highest BCUT2D eigenvalue weighted by atomic mass is 14.6. The van der Waals surface area contributed by atoms with Gasteiger partial charge in [0.1, 0.15) is 6.07 Å². The van der Waals surface area contributed by atoms with E-state index in [0.717, 1.165) is 16.7 Å². The third kappa shape index (κ3) is 2.61. The molecule has 0 aromatic heterocycles. The van der Waals surface area contributed by atoms with Crippen molar-refractivity contribution >= 4 is 17.5 Å². The lowest BCUT2D eigenvalue weighted by molar-refractivity contribution is 1.36. The topological polar surface area (TPSA) is 73.7 Å². The Kier molecular flexibility index (Phi) is 3.84. The van der Waals surface area contributed by atoms with Crippen LogP contribution in [0.15, 0.2) is 30.4 Å². The molecule has 0 saturated carbocycles. The molecule has 3 heteroatoms. The third-order valence-corrected chi connectivity index (χ3v) is 2.54. The Morgan fingerprint density at radius 2 is 2.18 bits per heavy atom. The van der Waals surface area contributed by atoms with E-state index in [4.69, 9.17) is 16.4 Å². The fraction of sp³-hybridized carbons (Fsp3) is 0.143. The van der Waals surface area contributed by atoms with Crippen molar-refractivity contribution in [3.05, 3.63) is 47.0 Å². The van der Waals surface area contributed by atoms with Crippen molar-refractivity contribution in [3.8, 4) is 6.07 Å². The summed E-state index contributed by atoms with van der Waals surface area (Å²) in [5.41, 5.74) is 9.39. The molecule has 86 valence electrons.